The Morgan fingerprint density at radius 1 is 1.47 bits per heavy atom. The highest BCUT2D eigenvalue weighted by Gasteiger charge is 2.38. The van der Waals surface area contributed by atoms with Crippen LogP contribution >= 0.6 is 12.2 Å². The Morgan fingerprint density at radius 3 is 2.35 bits per heavy atom. The van der Waals surface area contributed by atoms with E-state index in [0.29, 0.717) is 17.3 Å². The maximum atomic E-state index is 12.5. The van der Waals surface area contributed by atoms with Crippen molar-refractivity contribution in [2.24, 2.45) is 17.1 Å². The van der Waals surface area contributed by atoms with Crippen LogP contribution in [0.25, 0.3) is 0 Å². The van der Waals surface area contributed by atoms with Gasteiger partial charge in [-0.3, -0.25) is 4.79 Å². The van der Waals surface area contributed by atoms with Crippen molar-refractivity contribution < 1.29 is 4.79 Å². The predicted molar refractivity (Wildman–Crippen MR) is 74.8 cm³/mol. The van der Waals surface area contributed by atoms with E-state index in [1.54, 1.807) is 0 Å². The Bertz CT molecular complexity index is 302. The van der Waals surface area contributed by atoms with Gasteiger partial charge in [0.2, 0.25) is 5.91 Å². The van der Waals surface area contributed by atoms with Crippen molar-refractivity contribution in [2.75, 3.05) is 13.1 Å². The van der Waals surface area contributed by atoms with Gasteiger partial charge in [0.25, 0.3) is 0 Å². The Kier molecular flexibility index (Phi) is 4.92. The molecule has 0 bridgehead atoms. The summed E-state index contributed by atoms with van der Waals surface area (Å²) in [6.45, 7) is 7.46. The Balaban J connectivity index is 2.72. The molecule has 1 aliphatic rings. The zero-order valence-electron chi connectivity index (χ0n) is 11.2. The van der Waals surface area contributed by atoms with E-state index in [2.05, 4.69) is 0 Å². The maximum Gasteiger partial charge on any atom is 0.235 e. The highest BCUT2D eigenvalue weighted by molar-refractivity contribution is 7.80. The van der Waals surface area contributed by atoms with Crippen LogP contribution in [0.3, 0.4) is 0 Å². The molecule has 0 heterocycles. The van der Waals surface area contributed by atoms with Gasteiger partial charge in [0, 0.05) is 13.1 Å². The summed E-state index contributed by atoms with van der Waals surface area (Å²) in [5, 5.41) is 0. The fraction of sp³-hybridized carbons (Fsp3) is 0.846. The molecule has 17 heavy (non-hydrogen) atoms. The van der Waals surface area contributed by atoms with Crippen molar-refractivity contribution in [2.45, 2.75) is 46.5 Å². The summed E-state index contributed by atoms with van der Waals surface area (Å²) < 4.78 is 0. The highest BCUT2D eigenvalue weighted by Crippen LogP contribution is 2.30. The van der Waals surface area contributed by atoms with Gasteiger partial charge in [0.05, 0.1) is 10.4 Å². The molecule has 1 aliphatic carbocycles. The number of rotatable bonds is 6. The highest BCUT2D eigenvalue weighted by atomic mass is 32.1. The molecule has 0 aromatic carbocycles. The van der Waals surface area contributed by atoms with Crippen molar-refractivity contribution in [1.82, 2.24) is 4.90 Å². The van der Waals surface area contributed by atoms with Crippen LogP contribution in [0.5, 0.6) is 0 Å². The number of amides is 1. The van der Waals surface area contributed by atoms with Crippen molar-refractivity contribution in [3.63, 3.8) is 0 Å². The summed E-state index contributed by atoms with van der Waals surface area (Å²) in [6, 6.07) is 0. The minimum atomic E-state index is -0.672. The van der Waals surface area contributed by atoms with E-state index in [0.717, 1.165) is 13.1 Å². The van der Waals surface area contributed by atoms with E-state index in [-0.39, 0.29) is 5.91 Å². The Hall–Kier alpha value is -0.640. The summed E-state index contributed by atoms with van der Waals surface area (Å²) in [7, 11) is 0. The lowest BCUT2D eigenvalue weighted by Gasteiger charge is -2.37. The van der Waals surface area contributed by atoms with Gasteiger partial charge < -0.3 is 10.6 Å². The molecule has 0 aromatic heterocycles. The van der Waals surface area contributed by atoms with Crippen molar-refractivity contribution in [1.29, 1.82) is 0 Å². The second-order valence-corrected chi connectivity index (χ2v) is 5.63. The number of carbonyl (C=O) groups is 1. The molecule has 0 spiro atoms. The molecule has 3 nitrogen and oxygen atoms in total. The zero-order valence-corrected chi connectivity index (χ0v) is 12.0. The molecule has 1 atom stereocenters. The molecule has 1 unspecified atom stereocenters. The summed E-state index contributed by atoms with van der Waals surface area (Å²) >= 11 is 5.06. The molecule has 1 saturated carbocycles. The average molecular weight is 256 g/mol. The van der Waals surface area contributed by atoms with E-state index in [4.69, 9.17) is 18.0 Å². The fourth-order valence-electron chi connectivity index (χ4n) is 2.12. The van der Waals surface area contributed by atoms with Crippen LogP contribution in [0, 0.1) is 11.3 Å². The number of nitrogens with two attached hydrogens (primary N) is 1. The van der Waals surface area contributed by atoms with E-state index in [1.165, 1.54) is 19.3 Å². The molecule has 1 amide bonds. The van der Waals surface area contributed by atoms with E-state index >= 15 is 0 Å². The molecule has 1 fully saturated rings. The van der Waals surface area contributed by atoms with Crippen LogP contribution in [-0.2, 0) is 4.79 Å². The molecule has 0 radical (unpaired) electrons. The molecule has 0 aliphatic heterocycles. The second-order valence-electron chi connectivity index (χ2n) is 5.19. The summed E-state index contributed by atoms with van der Waals surface area (Å²) in [6.07, 6.45) is 4.47. The monoisotopic (exact) mass is 256 g/mol. The number of thiocarbonyl (C=S) groups is 1. The quantitative estimate of drug-likeness (QED) is 0.742. The van der Waals surface area contributed by atoms with Gasteiger partial charge in [-0.05, 0) is 39.0 Å². The van der Waals surface area contributed by atoms with Gasteiger partial charge in [0.1, 0.15) is 0 Å². The van der Waals surface area contributed by atoms with Gasteiger partial charge in [-0.15, -0.1) is 0 Å². The summed E-state index contributed by atoms with van der Waals surface area (Å²) in [4.78, 5) is 14.7. The SMILES string of the molecule is CCN(CC1CCC1)C(=O)C(C)(CC)C(N)=S. The third kappa shape index (κ3) is 2.97. The topological polar surface area (TPSA) is 46.3 Å². The first-order valence-corrected chi connectivity index (χ1v) is 6.95. The average Bonchev–Trinajstić information content (AvgIpc) is 2.25. The number of hydrogen-bond acceptors (Lipinski definition) is 2. The van der Waals surface area contributed by atoms with E-state index < -0.39 is 5.41 Å². The van der Waals surface area contributed by atoms with Crippen molar-refractivity contribution in [3.05, 3.63) is 0 Å². The lowest BCUT2D eigenvalue weighted by atomic mass is 9.82. The van der Waals surface area contributed by atoms with Crippen LogP contribution in [0.15, 0.2) is 0 Å². The molecule has 98 valence electrons. The minimum Gasteiger partial charge on any atom is -0.392 e. The molecule has 2 N–H and O–H groups in total. The van der Waals surface area contributed by atoms with E-state index in [9.17, 15) is 4.79 Å². The minimum absolute atomic E-state index is 0.0990. The van der Waals surface area contributed by atoms with Crippen LogP contribution in [0.1, 0.15) is 46.5 Å². The van der Waals surface area contributed by atoms with Crippen molar-refractivity contribution in [3.8, 4) is 0 Å². The van der Waals surface area contributed by atoms with Gasteiger partial charge in [-0.2, -0.15) is 0 Å². The van der Waals surface area contributed by atoms with Crippen molar-refractivity contribution >= 4 is 23.1 Å². The number of nitrogens with zero attached hydrogens (tertiary/aromatic N) is 1. The van der Waals surface area contributed by atoms with Crippen LogP contribution in [0.4, 0.5) is 0 Å². The van der Waals surface area contributed by atoms with E-state index in [1.807, 2.05) is 25.7 Å². The normalized spacial score (nSPS) is 19.2. The Morgan fingerprint density at radius 2 is 2.06 bits per heavy atom. The lowest BCUT2D eigenvalue weighted by Crippen LogP contribution is -2.50. The van der Waals surface area contributed by atoms with Crippen LogP contribution < -0.4 is 5.73 Å². The maximum absolute atomic E-state index is 12.5. The number of carbonyl (C=O) groups excluding carboxylic acids is 1. The molecular formula is C13H24N2OS. The van der Waals surface area contributed by atoms with Crippen LogP contribution in [-0.4, -0.2) is 28.9 Å². The Labute approximate surface area is 110 Å². The smallest absolute Gasteiger partial charge is 0.235 e. The second kappa shape index (κ2) is 5.80. The fourth-order valence-corrected chi connectivity index (χ4v) is 2.35. The molecule has 0 aromatic rings. The lowest BCUT2D eigenvalue weighted by molar-refractivity contribution is -0.138. The molecule has 4 heteroatoms. The van der Waals surface area contributed by atoms with Gasteiger partial charge in [-0.25, -0.2) is 0 Å². The summed E-state index contributed by atoms with van der Waals surface area (Å²) in [5.74, 6) is 0.785. The van der Waals surface area contributed by atoms with Crippen LogP contribution in [0.2, 0.25) is 0 Å². The number of hydrogen-bond donors (Lipinski definition) is 1. The zero-order chi connectivity index (χ0) is 13.1. The largest absolute Gasteiger partial charge is 0.392 e. The molecule has 1 rings (SSSR count). The standard InChI is InChI=1S/C13H24N2OS/c1-4-13(3,11(14)17)12(16)15(5-2)9-10-7-6-8-10/h10H,4-9H2,1-3H3,(H2,14,17). The first kappa shape index (κ1) is 14.4. The van der Waals surface area contributed by atoms with Gasteiger partial charge in [-0.1, -0.05) is 25.6 Å². The molecular weight excluding hydrogens is 232 g/mol. The first-order chi connectivity index (χ1) is 7.95. The first-order valence-electron chi connectivity index (χ1n) is 6.55. The summed E-state index contributed by atoms with van der Waals surface area (Å²) in [5.41, 5.74) is 5.06. The predicted octanol–water partition coefficient (Wildman–Crippen LogP) is 2.34. The van der Waals surface area contributed by atoms with Gasteiger partial charge in [0.15, 0.2) is 0 Å². The van der Waals surface area contributed by atoms with Gasteiger partial charge >= 0.3 is 0 Å². The molecule has 0 saturated heterocycles. The third-order valence-electron chi connectivity index (χ3n) is 4.10. The third-order valence-corrected chi connectivity index (χ3v) is 4.55.